The first-order valence-corrected chi connectivity index (χ1v) is 6.96. The van der Waals surface area contributed by atoms with Gasteiger partial charge in [0.05, 0.1) is 11.0 Å². The van der Waals surface area contributed by atoms with E-state index in [0.29, 0.717) is 12.3 Å². The smallest absolute Gasteiger partial charge is 0.289 e. The lowest BCUT2D eigenvalue weighted by molar-refractivity contribution is -0.385. The molecule has 2 rings (SSSR count). The van der Waals surface area contributed by atoms with Crippen molar-refractivity contribution in [2.24, 2.45) is 5.41 Å². The second-order valence-corrected chi connectivity index (χ2v) is 5.80. The second-order valence-electron chi connectivity index (χ2n) is 5.80. The van der Waals surface area contributed by atoms with Gasteiger partial charge in [0.25, 0.3) is 5.69 Å². The zero-order valence-corrected chi connectivity index (χ0v) is 12.4. The van der Waals surface area contributed by atoms with E-state index in [-0.39, 0.29) is 28.8 Å². The quantitative estimate of drug-likeness (QED) is 0.664. The van der Waals surface area contributed by atoms with Gasteiger partial charge in [0, 0.05) is 29.8 Å². The Morgan fingerprint density at radius 2 is 2.29 bits per heavy atom. The van der Waals surface area contributed by atoms with Gasteiger partial charge in [0.1, 0.15) is 11.6 Å². The minimum Gasteiger partial charge on any atom is -0.381 e. The third kappa shape index (κ3) is 2.83. The highest BCUT2D eigenvalue weighted by atomic mass is 16.6. The van der Waals surface area contributed by atoms with Gasteiger partial charge in [-0.2, -0.15) is 5.26 Å². The number of anilines is 1. The van der Waals surface area contributed by atoms with Crippen LogP contribution >= 0.6 is 0 Å². The Morgan fingerprint density at radius 3 is 2.81 bits per heavy atom. The second kappa shape index (κ2) is 5.70. The summed E-state index contributed by atoms with van der Waals surface area (Å²) in [5.74, 6) is 0. The fourth-order valence-electron chi connectivity index (χ4n) is 2.68. The molecule has 1 N–H and O–H groups in total. The Labute approximate surface area is 123 Å². The molecular formula is C15H19N3O3. The Kier molecular flexibility index (Phi) is 4.14. The van der Waals surface area contributed by atoms with E-state index in [0.717, 1.165) is 6.42 Å². The Hall–Kier alpha value is -2.13. The first-order valence-electron chi connectivity index (χ1n) is 6.96. The molecule has 112 valence electrons. The summed E-state index contributed by atoms with van der Waals surface area (Å²) >= 11 is 0. The highest BCUT2D eigenvalue weighted by Gasteiger charge is 2.48. The average Bonchev–Trinajstić information content (AvgIpc) is 2.46. The number of benzene rings is 1. The minimum atomic E-state index is -0.529. The average molecular weight is 289 g/mol. The molecule has 0 aliphatic heterocycles. The predicted molar refractivity (Wildman–Crippen MR) is 79.0 cm³/mol. The molecule has 1 aliphatic carbocycles. The van der Waals surface area contributed by atoms with E-state index in [9.17, 15) is 10.1 Å². The molecule has 0 saturated heterocycles. The van der Waals surface area contributed by atoms with Crippen LogP contribution in [0.25, 0.3) is 0 Å². The van der Waals surface area contributed by atoms with E-state index < -0.39 is 4.92 Å². The van der Waals surface area contributed by atoms with E-state index in [2.05, 4.69) is 19.2 Å². The number of nitro groups is 1. The fraction of sp³-hybridized carbons (Fsp3) is 0.533. The summed E-state index contributed by atoms with van der Waals surface area (Å²) in [6.07, 6.45) is 1.07. The van der Waals surface area contributed by atoms with E-state index in [1.165, 1.54) is 12.1 Å². The van der Waals surface area contributed by atoms with Crippen LogP contribution in [0, 0.1) is 26.9 Å². The van der Waals surface area contributed by atoms with Gasteiger partial charge in [-0.15, -0.1) is 0 Å². The fourth-order valence-corrected chi connectivity index (χ4v) is 2.68. The maximum absolute atomic E-state index is 11.0. The number of rotatable bonds is 5. The van der Waals surface area contributed by atoms with Crippen molar-refractivity contribution >= 4 is 11.4 Å². The van der Waals surface area contributed by atoms with Crippen LogP contribution in [0.2, 0.25) is 0 Å². The molecule has 0 heterocycles. The molecule has 1 aromatic rings. The molecule has 2 atom stereocenters. The Balaban J connectivity index is 2.13. The largest absolute Gasteiger partial charge is 0.381 e. The monoisotopic (exact) mass is 289 g/mol. The van der Waals surface area contributed by atoms with Crippen LogP contribution in [0.15, 0.2) is 18.2 Å². The van der Waals surface area contributed by atoms with Crippen molar-refractivity contribution in [3.63, 3.8) is 0 Å². The van der Waals surface area contributed by atoms with Gasteiger partial charge in [-0.05, 0) is 25.5 Å². The Bertz CT molecular complexity index is 592. The molecule has 0 aromatic heterocycles. The molecule has 0 bridgehead atoms. The summed E-state index contributed by atoms with van der Waals surface area (Å²) in [6, 6.07) is 6.63. The SMILES string of the molecule is CCOC1CC(Nc2ccc(C#N)c([N+](=O)[O-])c2)C1(C)C. The van der Waals surface area contributed by atoms with Gasteiger partial charge < -0.3 is 10.1 Å². The summed E-state index contributed by atoms with van der Waals surface area (Å²) in [5, 5.41) is 23.2. The summed E-state index contributed by atoms with van der Waals surface area (Å²) < 4.78 is 5.67. The van der Waals surface area contributed by atoms with Crippen LogP contribution in [0.1, 0.15) is 32.8 Å². The van der Waals surface area contributed by atoms with Crippen LogP contribution in [0.4, 0.5) is 11.4 Å². The molecule has 21 heavy (non-hydrogen) atoms. The van der Waals surface area contributed by atoms with Gasteiger partial charge in [0.2, 0.25) is 0 Å². The van der Waals surface area contributed by atoms with Crippen LogP contribution in [-0.4, -0.2) is 23.7 Å². The molecule has 6 nitrogen and oxygen atoms in total. The van der Waals surface area contributed by atoms with Crippen molar-refractivity contribution in [1.29, 1.82) is 5.26 Å². The highest BCUT2D eigenvalue weighted by Crippen LogP contribution is 2.44. The number of nitrogens with one attached hydrogen (secondary N) is 1. The molecule has 0 radical (unpaired) electrons. The molecule has 6 heteroatoms. The van der Waals surface area contributed by atoms with Crippen LogP contribution in [0.3, 0.4) is 0 Å². The lowest BCUT2D eigenvalue weighted by Gasteiger charge is -2.52. The number of hydrogen-bond donors (Lipinski definition) is 1. The van der Waals surface area contributed by atoms with E-state index in [4.69, 9.17) is 10.00 Å². The van der Waals surface area contributed by atoms with Crippen LogP contribution in [-0.2, 0) is 4.74 Å². The normalized spacial score (nSPS) is 23.0. The summed E-state index contributed by atoms with van der Waals surface area (Å²) in [6.45, 7) is 6.89. The molecule has 1 aliphatic rings. The lowest BCUT2D eigenvalue weighted by atomic mass is 9.64. The predicted octanol–water partition coefficient (Wildman–Crippen LogP) is 3.08. The van der Waals surface area contributed by atoms with Gasteiger partial charge in [-0.3, -0.25) is 10.1 Å². The Morgan fingerprint density at radius 1 is 1.57 bits per heavy atom. The minimum absolute atomic E-state index is 0.0291. The lowest BCUT2D eigenvalue weighted by Crippen LogP contribution is -2.58. The molecular weight excluding hydrogens is 270 g/mol. The van der Waals surface area contributed by atoms with Crippen LogP contribution in [0.5, 0.6) is 0 Å². The van der Waals surface area contributed by atoms with Gasteiger partial charge >= 0.3 is 0 Å². The van der Waals surface area contributed by atoms with Crippen molar-refractivity contribution < 1.29 is 9.66 Å². The number of nitro benzene ring substituents is 1. The molecule has 1 saturated carbocycles. The van der Waals surface area contributed by atoms with Crippen molar-refractivity contribution in [2.45, 2.75) is 39.3 Å². The summed E-state index contributed by atoms with van der Waals surface area (Å²) in [5.41, 5.74) is 0.541. The number of nitriles is 1. The molecule has 0 spiro atoms. The summed E-state index contributed by atoms with van der Waals surface area (Å²) in [7, 11) is 0. The maximum Gasteiger partial charge on any atom is 0.289 e. The first kappa shape index (κ1) is 15.3. The van der Waals surface area contributed by atoms with Crippen molar-refractivity contribution in [3.8, 4) is 6.07 Å². The first-order chi connectivity index (χ1) is 9.90. The van der Waals surface area contributed by atoms with E-state index in [1.54, 1.807) is 6.07 Å². The van der Waals surface area contributed by atoms with Crippen molar-refractivity contribution in [1.82, 2.24) is 0 Å². The van der Waals surface area contributed by atoms with Gasteiger partial charge in [-0.1, -0.05) is 13.8 Å². The van der Waals surface area contributed by atoms with Crippen molar-refractivity contribution in [2.75, 3.05) is 11.9 Å². The molecule has 1 aromatic carbocycles. The molecule has 1 fully saturated rings. The zero-order chi connectivity index (χ0) is 15.6. The van der Waals surface area contributed by atoms with E-state index >= 15 is 0 Å². The van der Waals surface area contributed by atoms with Crippen molar-refractivity contribution in [3.05, 3.63) is 33.9 Å². The summed E-state index contributed by atoms with van der Waals surface area (Å²) in [4.78, 5) is 10.4. The standard InChI is InChI=1S/C15H19N3O3/c1-4-21-14-8-13(15(14,2)3)17-11-6-5-10(9-16)12(7-11)18(19)20/h5-7,13-14,17H,4,8H2,1-3H3. The third-order valence-corrected chi connectivity index (χ3v) is 4.20. The van der Waals surface area contributed by atoms with Gasteiger partial charge in [0.15, 0.2) is 0 Å². The topological polar surface area (TPSA) is 88.2 Å². The maximum atomic E-state index is 11.0. The molecule has 0 amide bonds. The number of ether oxygens (including phenoxy) is 1. The third-order valence-electron chi connectivity index (χ3n) is 4.20. The van der Waals surface area contributed by atoms with E-state index in [1.807, 2.05) is 13.0 Å². The van der Waals surface area contributed by atoms with Gasteiger partial charge in [-0.25, -0.2) is 0 Å². The molecule has 2 unspecified atom stereocenters. The number of nitrogens with zero attached hydrogens (tertiary/aromatic N) is 2. The number of hydrogen-bond acceptors (Lipinski definition) is 5. The zero-order valence-electron chi connectivity index (χ0n) is 12.4. The highest BCUT2D eigenvalue weighted by molar-refractivity contribution is 5.59. The van der Waals surface area contributed by atoms with Crippen LogP contribution < -0.4 is 5.32 Å².